The van der Waals surface area contributed by atoms with Crippen LogP contribution in [0.5, 0.6) is 0 Å². The summed E-state index contributed by atoms with van der Waals surface area (Å²) in [5.74, 6) is -1.19. The second-order valence-corrected chi connectivity index (χ2v) is 7.50. The van der Waals surface area contributed by atoms with Gasteiger partial charge in [-0.05, 0) is 32.8 Å². The molecule has 0 bridgehead atoms. The Kier molecular flexibility index (Phi) is 5.22. The van der Waals surface area contributed by atoms with Crippen molar-refractivity contribution in [3.63, 3.8) is 0 Å². The fourth-order valence-corrected chi connectivity index (χ4v) is 4.36. The van der Waals surface area contributed by atoms with Gasteiger partial charge < -0.3 is 15.0 Å². The lowest BCUT2D eigenvalue weighted by Crippen LogP contribution is -2.24. The van der Waals surface area contributed by atoms with Crippen molar-refractivity contribution in [1.82, 2.24) is 14.9 Å². The van der Waals surface area contributed by atoms with Crippen LogP contribution >= 0.6 is 11.3 Å². The number of thiazole rings is 1. The molecule has 7 heteroatoms. The van der Waals surface area contributed by atoms with E-state index < -0.39 is 5.97 Å². The van der Waals surface area contributed by atoms with Crippen LogP contribution in [0.25, 0.3) is 0 Å². The lowest BCUT2D eigenvalue weighted by Gasteiger charge is -2.26. The maximum atomic E-state index is 12.6. The monoisotopic (exact) mass is 361 g/mol. The molecule has 6 nitrogen and oxygen atoms in total. The van der Waals surface area contributed by atoms with E-state index in [0.29, 0.717) is 16.6 Å². The smallest absolute Gasteiger partial charge is 0.355 e. The third kappa shape index (κ3) is 3.76. The van der Waals surface area contributed by atoms with Crippen LogP contribution in [-0.2, 0) is 6.54 Å². The summed E-state index contributed by atoms with van der Waals surface area (Å²) in [4.78, 5) is 27.4. The quantitative estimate of drug-likeness (QED) is 0.850. The van der Waals surface area contributed by atoms with E-state index in [1.54, 1.807) is 0 Å². The largest absolute Gasteiger partial charge is 0.476 e. The van der Waals surface area contributed by atoms with Crippen molar-refractivity contribution in [3.8, 4) is 0 Å². The second kappa shape index (κ2) is 7.39. The normalized spacial score (nSPS) is 15.3. The first-order chi connectivity index (χ1) is 12.0. The SMILES string of the molecule is Cc1cc(C(=O)NCc2nc(C(=O)O)cs2)c(C)n1C1CCCCC1. The van der Waals surface area contributed by atoms with Gasteiger partial charge in [-0.25, -0.2) is 9.78 Å². The molecule has 0 aromatic carbocycles. The van der Waals surface area contributed by atoms with Gasteiger partial charge in [-0.1, -0.05) is 19.3 Å². The predicted octanol–water partition coefficient (Wildman–Crippen LogP) is 3.69. The molecule has 1 aliphatic carbocycles. The second-order valence-electron chi connectivity index (χ2n) is 6.56. The maximum Gasteiger partial charge on any atom is 0.355 e. The molecule has 2 aromatic rings. The lowest BCUT2D eigenvalue weighted by molar-refractivity contribution is 0.0691. The predicted molar refractivity (Wildman–Crippen MR) is 96.3 cm³/mol. The number of carboxylic acids is 1. The average molecular weight is 361 g/mol. The summed E-state index contributed by atoms with van der Waals surface area (Å²) in [5.41, 5.74) is 2.84. The Morgan fingerprint density at radius 2 is 2.04 bits per heavy atom. The van der Waals surface area contributed by atoms with E-state index in [-0.39, 0.29) is 18.1 Å². The van der Waals surface area contributed by atoms with Crippen LogP contribution in [0.2, 0.25) is 0 Å². The summed E-state index contributed by atoms with van der Waals surface area (Å²) >= 11 is 1.24. The molecule has 0 unspecified atom stereocenters. The molecule has 1 saturated carbocycles. The van der Waals surface area contributed by atoms with Gasteiger partial charge in [0.15, 0.2) is 5.69 Å². The minimum Gasteiger partial charge on any atom is -0.476 e. The number of aromatic nitrogens is 2. The number of carboxylic acid groups (broad SMARTS) is 1. The zero-order valence-electron chi connectivity index (χ0n) is 14.5. The Labute approximate surface area is 150 Å². The van der Waals surface area contributed by atoms with Gasteiger partial charge in [0, 0.05) is 22.8 Å². The Bertz CT molecular complexity index is 788. The van der Waals surface area contributed by atoms with E-state index in [4.69, 9.17) is 5.11 Å². The molecule has 2 N–H and O–H groups in total. The first-order valence-electron chi connectivity index (χ1n) is 8.61. The number of nitrogens with zero attached hydrogens (tertiary/aromatic N) is 2. The molecule has 134 valence electrons. The summed E-state index contributed by atoms with van der Waals surface area (Å²) in [6.45, 7) is 4.30. The molecule has 0 spiro atoms. The van der Waals surface area contributed by atoms with E-state index in [1.165, 1.54) is 48.8 Å². The van der Waals surface area contributed by atoms with Gasteiger partial charge >= 0.3 is 5.97 Å². The number of rotatable bonds is 5. The summed E-state index contributed by atoms with van der Waals surface area (Å²) < 4.78 is 2.31. The molecule has 1 amide bonds. The first kappa shape index (κ1) is 17.7. The minimum absolute atomic E-state index is 0.0183. The molecule has 0 atom stereocenters. The number of carbonyl (C=O) groups is 2. The molecular weight excluding hydrogens is 338 g/mol. The molecule has 1 aliphatic rings. The average Bonchev–Trinajstić information content (AvgIpc) is 3.18. The van der Waals surface area contributed by atoms with Crippen LogP contribution < -0.4 is 5.32 Å². The Morgan fingerprint density at radius 3 is 2.68 bits per heavy atom. The Balaban J connectivity index is 1.70. The molecule has 0 aliphatic heterocycles. The lowest BCUT2D eigenvalue weighted by atomic mass is 9.95. The van der Waals surface area contributed by atoms with Crippen LogP contribution in [0.1, 0.15) is 75.4 Å². The van der Waals surface area contributed by atoms with Gasteiger partial charge in [-0.2, -0.15) is 0 Å². The van der Waals surface area contributed by atoms with Gasteiger partial charge in [0.25, 0.3) is 5.91 Å². The molecule has 0 radical (unpaired) electrons. The van der Waals surface area contributed by atoms with Crippen LogP contribution in [0, 0.1) is 13.8 Å². The fraction of sp³-hybridized carbons (Fsp3) is 0.500. The van der Waals surface area contributed by atoms with Gasteiger partial charge in [-0.3, -0.25) is 4.79 Å². The number of hydrogen-bond acceptors (Lipinski definition) is 4. The highest BCUT2D eigenvalue weighted by atomic mass is 32.1. The number of nitrogens with one attached hydrogen (secondary N) is 1. The number of aromatic carboxylic acids is 1. The molecule has 0 saturated heterocycles. The molecule has 1 fully saturated rings. The number of aryl methyl sites for hydroxylation is 1. The van der Waals surface area contributed by atoms with Crippen molar-refractivity contribution < 1.29 is 14.7 Å². The molecule has 25 heavy (non-hydrogen) atoms. The van der Waals surface area contributed by atoms with Crippen LogP contribution in [0.3, 0.4) is 0 Å². The van der Waals surface area contributed by atoms with E-state index in [2.05, 4.69) is 21.8 Å². The standard InChI is InChI=1S/C18H23N3O3S/c1-11-8-14(12(2)21(11)13-6-4-3-5-7-13)17(22)19-9-16-20-15(10-25-16)18(23)24/h8,10,13H,3-7,9H2,1-2H3,(H,19,22)(H,23,24). The van der Waals surface area contributed by atoms with Crippen molar-refractivity contribution in [1.29, 1.82) is 0 Å². The van der Waals surface area contributed by atoms with Gasteiger partial charge in [-0.15, -0.1) is 11.3 Å². The maximum absolute atomic E-state index is 12.6. The molecule has 2 heterocycles. The van der Waals surface area contributed by atoms with E-state index >= 15 is 0 Å². The molecule has 3 rings (SSSR count). The summed E-state index contributed by atoms with van der Waals surface area (Å²) in [7, 11) is 0. The van der Waals surface area contributed by atoms with Gasteiger partial charge in [0.05, 0.1) is 12.1 Å². The molecular formula is C18H23N3O3S. The number of amides is 1. The van der Waals surface area contributed by atoms with Crippen LogP contribution in [0.15, 0.2) is 11.4 Å². The zero-order valence-corrected chi connectivity index (χ0v) is 15.4. The van der Waals surface area contributed by atoms with Crippen molar-refractivity contribution in [2.75, 3.05) is 0 Å². The highest BCUT2D eigenvalue weighted by molar-refractivity contribution is 7.09. The van der Waals surface area contributed by atoms with Crippen LogP contribution in [-0.4, -0.2) is 26.5 Å². The highest BCUT2D eigenvalue weighted by Crippen LogP contribution is 2.32. The molecule has 2 aromatic heterocycles. The summed E-state index contributed by atoms with van der Waals surface area (Å²) in [6.07, 6.45) is 6.15. The van der Waals surface area contributed by atoms with Crippen molar-refractivity contribution in [2.45, 2.75) is 58.5 Å². The van der Waals surface area contributed by atoms with Crippen LogP contribution in [0.4, 0.5) is 0 Å². The highest BCUT2D eigenvalue weighted by Gasteiger charge is 2.22. The van der Waals surface area contributed by atoms with Gasteiger partial charge in [0.2, 0.25) is 0 Å². The third-order valence-electron chi connectivity index (χ3n) is 4.84. The van der Waals surface area contributed by atoms with Gasteiger partial charge in [0.1, 0.15) is 5.01 Å². The number of hydrogen-bond donors (Lipinski definition) is 2. The first-order valence-corrected chi connectivity index (χ1v) is 9.49. The Morgan fingerprint density at radius 1 is 1.32 bits per heavy atom. The topological polar surface area (TPSA) is 84.2 Å². The minimum atomic E-state index is -1.05. The zero-order chi connectivity index (χ0) is 18.0. The third-order valence-corrected chi connectivity index (χ3v) is 5.69. The fourth-order valence-electron chi connectivity index (χ4n) is 3.65. The van der Waals surface area contributed by atoms with E-state index in [1.807, 2.05) is 13.0 Å². The Hall–Kier alpha value is -2.15. The van der Waals surface area contributed by atoms with Crippen molar-refractivity contribution in [2.24, 2.45) is 0 Å². The van der Waals surface area contributed by atoms with E-state index in [9.17, 15) is 9.59 Å². The van der Waals surface area contributed by atoms with Crippen molar-refractivity contribution in [3.05, 3.63) is 39.1 Å². The van der Waals surface area contributed by atoms with E-state index in [0.717, 1.165) is 11.4 Å². The van der Waals surface area contributed by atoms with Crippen molar-refractivity contribution >= 4 is 23.2 Å². The summed E-state index contributed by atoms with van der Waals surface area (Å²) in [5, 5.41) is 13.8. The number of carbonyl (C=O) groups excluding carboxylic acids is 1. The summed E-state index contributed by atoms with van der Waals surface area (Å²) in [6, 6.07) is 2.44.